The predicted octanol–water partition coefficient (Wildman–Crippen LogP) is 3.39. The number of nitrogens with zero attached hydrogens (tertiary/aromatic N) is 1. The Balaban J connectivity index is 1.53. The van der Waals surface area contributed by atoms with E-state index in [1.54, 1.807) is 0 Å². The van der Waals surface area contributed by atoms with Gasteiger partial charge in [-0.3, -0.25) is 9.59 Å². The highest BCUT2D eigenvalue weighted by atomic mass is 32.1. The molecule has 0 saturated carbocycles. The minimum absolute atomic E-state index is 0.0109. The van der Waals surface area contributed by atoms with E-state index < -0.39 is 6.04 Å². The van der Waals surface area contributed by atoms with E-state index in [2.05, 4.69) is 17.4 Å². The van der Waals surface area contributed by atoms with Gasteiger partial charge in [-0.05, 0) is 36.0 Å². The first kappa shape index (κ1) is 18.8. The van der Waals surface area contributed by atoms with Crippen molar-refractivity contribution >= 4 is 28.9 Å². The van der Waals surface area contributed by atoms with Crippen LogP contribution < -0.4 is 5.32 Å². The van der Waals surface area contributed by atoms with Crippen molar-refractivity contribution < 1.29 is 9.59 Å². The van der Waals surface area contributed by atoms with Crippen LogP contribution in [0.25, 0.3) is 0 Å². The highest BCUT2D eigenvalue weighted by molar-refractivity contribution is 7.82. The van der Waals surface area contributed by atoms with Gasteiger partial charge in [-0.15, -0.1) is 0 Å². The van der Waals surface area contributed by atoms with Crippen LogP contribution in [-0.4, -0.2) is 34.2 Å². The summed E-state index contributed by atoms with van der Waals surface area (Å²) in [5.41, 5.74) is 3.36. The highest BCUT2D eigenvalue weighted by Crippen LogP contribution is 2.36. The number of carbonyl (C=O) groups is 2. The fraction of sp³-hybridized carbons (Fsp3) is 0.348. The van der Waals surface area contributed by atoms with Crippen LogP contribution in [0.2, 0.25) is 0 Å². The molecule has 0 bridgehead atoms. The van der Waals surface area contributed by atoms with E-state index in [1.807, 2.05) is 47.4 Å². The third-order valence-corrected chi connectivity index (χ3v) is 6.02. The fourth-order valence-electron chi connectivity index (χ4n) is 4.28. The molecule has 1 fully saturated rings. The molecule has 2 atom stereocenters. The number of hydrogen-bond donors (Lipinski definition) is 1. The van der Waals surface area contributed by atoms with Gasteiger partial charge in [-0.1, -0.05) is 66.8 Å². The molecule has 0 aromatic heterocycles. The second-order valence-corrected chi connectivity index (χ2v) is 8.05. The molecule has 144 valence electrons. The smallest absolute Gasteiger partial charge is 0.259 e. The molecule has 2 aliphatic rings. The Labute approximate surface area is 170 Å². The van der Waals surface area contributed by atoms with Gasteiger partial charge in [0.1, 0.15) is 6.04 Å². The van der Waals surface area contributed by atoms with Crippen LogP contribution in [0, 0.1) is 0 Å². The standard InChI is InChI=1S/C23H24N2O2S/c26-22(21(28)14-16-8-2-1-3-9-16)24-19-15-17-10-4-5-11-18(17)20-12-6-7-13-25(20)23(19)27/h1-5,8-11,19-20H,6-7,12-15H2,(H,24,26)/t19-,20+/m0/s1. The number of nitrogens with one attached hydrogen (secondary N) is 1. The maximum atomic E-state index is 13.2. The zero-order chi connectivity index (χ0) is 19.5. The van der Waals surface area contributed by atoms with Gasteiger partial charge in [-0.2, -0.15) is 0 Å². The van der Waals surface area contributed by atoms with Gasteiger partial charge in [0.2, 0.25) is 5.91 Å². The minimum atomic E-state index is -0.564. The average molecular weight is 393 g/mol. The van der Waals surface area contributed by atoms with E-state index in [0.29, 0.717) is 17.7 Å². The summed E-state index contributed by atoms with van der Waals surface area (Å²) in [5.74, 6) is -0.304. The van der Waals surface area contributed by atoms with Gasteiger partial charge in [0, 0.05) is 19.4 Å². The van der Waals surface area contributed by atoms with Crippen LogP contribution in [0.4, 0.5) is 0 Å². The van der Waals surface area contributed by atoms with E-state index in [1.165, 1.54) is 5.56 Å². The Morgan fingerprint density at radius 3 is 2.64 bits per heavy atom. The summed E-state index contributed by atoms with van der Waals surface area (Å²) in [6.07, 6.45) is 4.04. The lowest BCUT2D eigenvalue weighted by Gasteiger charge is -2.36. The molecule has 4 rings (SSSR count). The highest BCUT2D eigenvalue weighted by Gasteiger charge is 2.37. The zero-order valence-corrected chi connectivity index (χ0v) is 16.6. The Morgan fingerprint density at radius 2 is 1.82 bits per heavy atom. The van der Waals surface area contributed by atoms with Gasteiger partial charge in [0.05, 0.1) is 10.9 Å². The van der Waals surface area contributed by atoms with Crippen molar-refractivity contribution in [3.05, 3.63) is 71.3 Å². The van der Waals surface area contributed by atoms with E-state index in [4.69, 9.17) is 12.2 Å². The molecule has 5 heteroatoms. The molecule has 2 aromatic rings. The van der Waals surface area contributed by atoms with Gasteiger partial charge in [0.25, 0.3) is 5.91 Å². The van der Waals surface area contributed by atoms with Crippen LogP contribution in [0.15, 0.2) is 54.6 Å². The van der Waals surface area contributed by atoms with E-state index in [-0.39, 0.29) is 17.9 Å². The van der Waals surface area contributed by atoms with E-state index >= 15 is 0 Å². The first-order chi connectivity index (χ1) is 13.6. The molecular formula is C23H24N2O2S. The quantitative estimate of drug-likeness (QED) is 0.812. The molecule has 0 unspecified atom stereocenters. The van der Waals surface area contributed by atoms with Crippen LogP contribution in [0.1, 0.15) is 42.0 Å². The van der Waals surface area contributed by atoms with Crippen molar-refractivity contribution in [2.45, 2.75) is 44.2 Å². The second kappa shape index (κ2) is 8.23. The van der Waals surface area contributed by atoms with Gasteiger partial charge in [-0.25, -0.2) is 0 Å². The van der Waals surface area contributed by atoms with Crippen molar-refractivity contribution in [1.29, 1.82) is 0 Å². The molecule has 2 aliphatic heterocycles. The predicted molar refractivity (Wildman–Crippen MR) is 113 cm³/mol. The first-order valence-electron chi connectivity index (χ1n) is 9.89. The SMILES string of the molecule is O=C(N[C@H]1Cc2ccccc2[C@H]2CCCCN2C1=O)C(=S)Cc1ccccc1. The van der Waals surface area contributed by atoms with Gasteiger partial charge >= 0.3 is 0 Å². The van der Waals surface area contributed by atoms with Crippen molar-refractivity contribution in [2.75, 3.05) is 6.54 Å². The van der Waals surface area contributed by atoms with Crippen LogP contribution in [-0.2, 0) is 22.4 Å². The molecule has 2 amide bonds. The molecule has 28 heavy (non-hydrogen) atoms. The number of carbonyl (C=O) groups excluding carboxylic acids is 2. The molecule has 2 aromatic carbocycles. The van der Waals surface area contributed by atoms with Crippen molar-refractivity contribution in [3.63, 3.8) is 0 Å². The van der Waals surface area contributed by atoms with Crippen molar-refractivity contribution in [1.82, 2.24) is 10.2 Å². The number of hydrogen-bond acceptors (Lipinski definition) is 3. The molecule has 2 heterocycles. The molecule has 0 aliphatic carbocycles. The summed E-state index contributed by atoms with van der Waals surface area (Å²) in [5, 5.41) is 2.93. The van der Waals surface area contributed by atoms with Gasteiger partial charge in [0.15, 0.2) is 0 Å². The summed E-state index contributed by atoms with van der Waals surface area (Å²) in [6.45, 7) is 0.749. The molecule has 1 saturated heterocycles. The van der Waals surface area contributed by atoms with E-state index in [9.17, 15) is 9.59 Å². The first-order valence-corrected chi connectivity index (χ1v) is 10.3. The third-order valence-electron chi connectivity index (χ3n) is 5.69. The zero-order valence-electron chi connectivity index (χ0n) is 15.8. The lowest BCUT2D eigenvalue weighted by Crippen LogP contribution is -2.51. The number of fused-ring (bicyclic) bond motifs is 3. The Kier molecular flexibility index (Phi) is 5.53. The average Bonchev–Trinajstić information content (AvgIpc) is 2.84. The lowest BCUT2D eigenvalue weighted by molar-refractivity contribution is -0.138. The number of amides is 2. The van der Waals surface area contributed by atoms with Crippen molar-refractivity contribution in [2.24, 2.45) is 0 Å². The van der Waals surface area contributed by atoms with Crippen LogP contribution in [0.3, 0.4) is 0 Å². The third kappa shape index (κ3) is 3.85. The maximum Gasteiger partial charge on any atom is 0.259 e. The lowest BCUT2D eigenvalue weighted by atomic mass is 9.92. The van der Waals surface area contributed by atoms with E-state index in [0.717, 1.165) is 36.9 Å². The molecule has 1 N–H and O–H groups in total. The topological polar surface area (TPSA) is 49.4 Å². The maximum absolute atomic E-state index is 13.2. The Hall–Kier alpha value is -2.53. The summed E-state index contributed by atoms with van der Waals surface area (Å²) >= 11 is 5.36. The minimum Gasteiger partial charge on any atom is -0.339 e. The number of rotatable bonds is 4. The molecular weight excluding hydrogens is 368 g/mol. The van der Waals surface area contributed by atoms with Crippen molar-refractivity contribution in [3.8, 4) is 0 Å². The summed E-state index contributed by atoms with van der Waals surface area (Å²) in [7, 11) is 0. The largest absolute Gasteiger partial charge is 0.339 e. The van der Waals surface area contributed by atoms with Crippen LogP contribution >= 0.6 is 12.2 Å². The molecule has 0 radical (unpaired) electrons. The van der Waals surface area contributed by atoms with Gasteiger partial charge < -0.3 is 10.2 Å². The second-order valence-electron chi connectivity index (χ2n) is 7.56. The fourth-order valence-corrected chi connectivity index (χ4v) is 4.51. The monoisotopic (exact) mass is 392 g/mol. The van der Waals surface area contributed by atoms with Crippen LogP contribution in [0.5, 0.6) is 0 Å². The summed E-state index contributed by atoms with van der Waals surface area (Å²) < 4.78 is 0. The normalized spacial score (nSPS) is 21.3. The number of benzene rings is 2. The summed E-state index contributed by atoms with van der Waals surface area (Å²) in [4.78, 5) is 28.2. The molecule has 0 spiro atoms. The number of thiocarbonyl (C=S) groups is 1. The Morgan fingerprint density at radius 1 is 1.07 bits per heavy atom. The molecule has 4 nitrogen and oxygen atoms in total. The summed E-state index contributed by atoms with van der Waals surface area (Å²) in [6, 6.07) is 17.5. The Bertz CT molecular complexity index is 896. The number of piperidine rings is 1.